The van der Waals surface area contributed by atoms with Gasteiger partial charge in [-0.1, -0.05) is 12.1 Å². The Labute approximate surface area is 86.5 Å². The second kappa shape index (κ2) is 3.68. The Morgan fingerprint density at radius 2 is 2.33 bits per heavy atom. The van der Waals surface area contributed by atoms with Crippen molar-refractivity contribution >= 4 is 11.6 Å². The normalized spacial score (nSPS) is 14.6. The van der Waals surface area contributed by atoms with Gasteiger partial charge >= 0.3 is 0 Å². The highest BCUT2D eigenvalue weighted by Crippen LogP contribution is 2.24. The molecular formula is C10H10N2O3. The van der Waals surface area contributed by atoms with Crippen molar-refractivity contribution in [2.24, 2.45) is 4.99 Å². The summed E-state index contributed by atoms with van der Waals surface area (Å²) in [6, 6.07) is 5.13. The molecule has 0 atom stereocenters. The third kappa shape index (κ3) is 1.68. The van der Waals surface area contributed by atoms with Gasteiger partial charge < -0.3 is 4.74 Å². The van der Waals surface area contributed by atoms with Gasteiger partial charge in [-0.15, -0.1) is 0 Å². The number of rotatable bonds is 2. The number of aryl methyl sites for hydroxylation is 1. The molecular weight excluding hydrogens is 196 g/mol. The Balaban J connectivity index is 2.55. The molecule has 1 aliphatic heterocycles. The Morgan fingerprint density at radius 1 is 1.53 bits per heavy atom. The number of hydrogen-bond donors (Lipinski definition) is 0. The van der Waals surface area contributed by atoms with Crippen molar-refractivity contribution in [3.05, 3.63) is 39.4 Å². The van der Waals surface area contributed by atoms with Gasteiger partial charge in [0.1, 0.15) is 12.2 Å². The fourth-order valence-corrected chi connectivity index (χ4v) is 1.57. The molecule has 5 nitrogen and oxygen atoms in total. The van der Waals surface area contributed by atoms with Crippen LogP contribution in [0, 0.1) is 17.0 Å². The second-order valence-electron chi connectivity index (χ2n) is 3.26. The SMILES string of the molecule is Cc1cccc(C2=NCCO2)c1[N+](=O)[O-]. The minimum atomic E-state index is -0.394. The quantitative estimate of drug-likeness (QED) is 0.546. The molecule has 2 rings (SSSR count). The van der Waals surface area contributed by atoms with Crippen molar-refractivity contribution in [2.75, 3.05) is 13.2 Å². The lowest BCUT2D eigenvalue weighted by atomic mass is 10.1. The lowest BCUT2D eigenvalue weighted by Gasteiger charge is -2.04. The summed E-state index contributed by atoms with van der Waals surface area (Å²) in [6.45, 7) is 2.78. The molecule has 0 fully saturated rings. The van der Waals surface area contributed by atoms with E-state index in [9.17, 15) is 10.1 Å². The summed E-state index contributed by atoms with van der Waals surface area (Å²) < 4.78 is 5.23. The lowest BCUT2D eigenvalue weighted by molar-refractivity contribution is -0.385. The van der Waals surface area contributed by atoms with Gasteiger partial charge in [-0.05, 0) is 13.0 Å². The molecule has 15 heavy (non-hydrogen) atoms. The highest BCUT2D eigenvalue weighted by atomic mass is 16.6. The zero-order valence-corrected chi connectivity index (χ0v) is 8.27. The fourth-order valence-electron chi connectivity index (χ4n) is 1.57. The molecule has 1 aromatic rings. The molecule has 0 spiro atoms. The van der Waals surface area contributed by atoms with Crippen LogP contribution in [0.1, 0.15) is 11.1 Å². The Morgan fingerprint density at radius 3 is 2.93 bits per heavy atom. The number of hydrogen-bond acceptors (Lipinski definition) is 4. The van der Waals surface area contributed by atoms with Gasteiger partial charge in [0.15, 0.2) is 0 Å². The van der Waals surface area contributed by atoms with Crippen molar-refractivity contribution in [3.63, 3.8) is 0 Å². The van der Waals surface area contributed by atoms with E-state index in [1.165, 1.54) is 0 Å². The van der Waals surface area contributed by atoms with E-state index in [0.717, 1.165) is 0 Å². The van der Waals surface area contributed by atoms with Crippen LogP contribution in [0.2, 0.25) is 0 Å². The molecule has 1 heterocycles. The topological polar surface area (TPSA) is 64.7 Å². The summed E-state index contributed by atoms with van der Waals surface area (Å²) in [6.07, 6.45) is 0. The van der Waals surface area contributed by atoms with E-state index < -0.39 is 4.92 Å². The fraction of sp³-hybridized carbons (Fsp3) is 0.300. The number of aliphatic imine (C=N–C) groups is 1. The summed E-state index contributed by atoms with van der Waals surface area (Å²) in [7, 11) is 0. The summed E-state index contributed by atoms with van der Waals surface area (Å²) in [5, 5.41) is 10.9. The van der Waals surface area contributed by atoms with E-state index >= 15 is 0 Å². The minimum absolute atomic E-state index is 0.0816. The lowest BCUT2D eigenvalue weighted by Crippen LogP contribution is -2.06. The summed E-state index contributed by atoms with van der Waals surface area (Å²) in [5.74, 6) is 0.380. The first-order valence-corrected chi connectivity index (χ1v) is 4.62. The van der Waals surface area contributed by atoms with Crippen molar-refractivity contribution in [1.29, 1.82) is 0 Å². The van der Waals surface area contributed by atoms with E-state index in [0.29, 0.717) is 30.2 Å². The van der Waals surface area contributed by atoms with Gasteiger partial charge in [0.25, 0.3) is 5.69 Å². The van der Waals surface area contributed by atoms with Crippen LogP contribution in [-0.2, 0) is 4.74 Å². The first kappa shape index (κ1) is 9.64. The number of ether oxygens (including phenoxy) is 1. The third-order valence-electron chi connectivity index (χ3n) is 2.24. The molecule has 0 saturated carbocycles. The van der Waals surface area contributed by atoms with Crippen LogP contribution in [-0.4, -0.2) is 24.0 Å². The molecule has 5 heteroatoms. The van der Waals surface area contributed by atoms with Crippen LogP contribution in [0.25, 0.3) is 0 Å². The molecule has 0 aliphatic carbocycles. The maximum absolute atomic E-state index is 10.9. The Bertz CT molecular complexity index is 440. The van der Waals surface area contributed by atoms with Gasteiger partial charge in [-0.2, -0.15) is 0 Å². The first-order chi connectivity index (χ1) is 7.20. The molecule has 78 valence electrons. The number of nitro groups is 1. The van der Waals surface area contributed by atoms with Gasteiger partial charge in [0.05, 0.1) is 11.5 Å². The summed E-state index contributed by atoms with van der Waals surface area (Å²) >= 11 is 0. The van der Waals surface area contributed by atoms with Crippen molar-refractivity contribution in [1.82, 2.24) is 0 Å². The predicted molar refractivity (Wildman–Crippen MR) is 55.2 cm³/mol. The van der Waals surface area contributed by atoms with Crippen LogP contribution >= 0.6 is 0 Å². The molecule has 0 amide bonds. The summed E-state index contributed by atoms with van der Waals surface area (Å²) in [5.41, 5.74) is 1.17. The highest BCUT2D eigenvalue weighted by Gasteiger charge is 2.23. The van der Waals surface area contributed by atoms with E-state index in [1.807, 2.05) is 0 Å². The number of para-hydroxylation sites is 1. The van der Waals surface area contributed by atoms with Gasteiger partial charge in [0, 0.05) is 5.56 Å². The van der Waals surface area contributed by atoms with Crippen LogP contribution < -0.4 is 0 Å². The van der Waals surface area contributed by atoms with E-state index in [2.05, 4.69) is 4.99 Å². The maximum atomic E-state index is 10.9. The molecule has 0 radical (unpaired) electrons. The average Bonchev–Trinajstić information content (AvgIpc) is 2.69. The van der Waals surface area contributed by atoms with Crippen LogP contribution in [0.15, 0.2) is 23.2 Å². The monoisotopic (exact) mass is 206 g/mol. The molecule has 0 aromatic heterocycles. The number of benzene rings is 1. The van der Waals surface area contributed by atoms with Crippen molar-refractivity contribution < 1.29 is 9.66 Å². The van der Waals surface area contributed by atoms with Gasteiger partial charge in [0.2, 0.25) is 5.90 Å². The first-order valence-electron chi connectivity index (χ1n) is 4.62. The smallest absolute Gasteiger partial charge is 0.284 e. The largest absolute Gasteiger partial charge is 0.475 e. The molecule has 0 bridgehead atoms. The van der Waals surface area contributed by atoms with E-state index in [4.69, 9.17) is 4.74 Å². The minimum Gasteiger partial charge on any atom is -0.475 e. The van der Waals surface area contributed by atoms with E-state index in [1.54, 1.807) is 25.1 Å². The van der Waals surface area contributed by atoms with Crippen LogP contribution in [0.5, 0.6) is 0 Å². The molecule has 0 N–H and O–H groups in total. The molecule has 1 aromatic carbocycles. The molecule has 0 saturated heterocycles. The highest BCUT2D eigenvalue weighted by molar-refractivity contribution is 5.99. The third-order valence-corrected chi connectivity index (χ3v) is 2.24. The number of nitrogens with zero attached hydrogens (tertiary/aromatic N) is 2. The summed E-state index contributed by atoms with van der Waals surface area (Å²) in [4.78, 5) is 14.6. The van der Waals surface area contributed by atoms with Gasteiger partial charge in [-0.25, -0.2) is 4.99 Å². The predicted octanol–water partition coefficient (Wildman–Crippen LogP) is 1.68. The Hall–Kier alpha value is -1.91. The number of nitro benzene ring substituents is 1. The molecule has 1 aliphatic rings. The second-order valence-corrected chi connectivity index (χ2v) is 3.26. The maximum Gasteiger partial charge on any atom is 0.284 e. The zero-order valence-electron chi connectivity index (χ0n) is 8.27. The zero-order chi connectivity index (χ0) is 10.8. The van der Waals surface area contributed by atoms with Crippen molar-refractivity contribution in [3.8, 4) is 0 Å². The Kier molecular flexibility index (Phi) is 2.37. The molecule has 0 unspecified atom stereocenters. The standard InChI is InChI=1S/C10H10N2O3/c1-7-3-2-4-8(9(7)12(13)14)10-11-5-6-15-10/h2-4H,5-6H2,1H3. The van der Waals surface area contributed by atoms with Crippen molar-refractivity contribution in [2.45, 2.75) is 6.92 Å². The van der Waals surface area contributed by atoms with Crippen LogP contribution in [0.4, 0.5) is 5.69 Å². The van der Waals surface area contributed by atoms with Crippen LogP contribution in [0.3, 0.4) is 0 Å². The van der Waals surface area contributed by atoms with E-state index in [-0.39, 0.29) is 5.69 Å². The average molecular weight is 206 g/mol. The van der Waals surface area contributed by atoms with Gasteiger partial charge in [-0.3, -0.25) is 10.1 Å².